The van der Waals surface area contributed by atoms with Crippen molar-refractivity contribution in [3.05, 3.63) is 29.8 Å². The zero-order valence-electron chi connectivity index (χ0n) is 12.5. The maximum absolute atomic E-state index is 12.7. The van der Waals surface area contributed by atoms with E-state index >= 15 is 0 Å². The Balaban J connectivity index is 2.15. The van der Waals surface area contributed by atoms with Crippen molar-refractivity contribution in [2.24, 2.45) is 0 Å². The fraction of sp³-hybridized carbons (Fsp3) is 0.500. The van der Waals surface area contributed by atoms with Crippen LogP contribution in [0.15, 0.2) is 24.3 Å². The number of nitrogens with zero attached hydrogens (tertiary/aromatic N) is 2. The van der Waals surface area contributed by atoms with Crippen molar-refractivity contribution >= 4 is 5.91 Å². The third-order valence-electron chi connectivity index (χ3n) is 3.73. The van der Waals surface area contributed by atoms with E-state index < -0.39 is 25.1 Å². The fourth-order valence-corrected chi connectivity index (χ4v) is 2.60. The Hall–Kier alpha value is -2.23. The number of halogens is 3. The predicted octanol–water partition coefficient (Wildman–Crippen LogP) is 3.25. The van der Waals surface area contributed by atoms with Crippen molar-refractivity contribution in [2.45, 2.75) is 31.4 Å². The van der Waals surface area contributed by atoms with Crippen molar-refractivity contribution in [3.8, 4) is 11.8 Å². The second kappa shape index (κ2) is 7.36. The largest absolute Gasteiger partial charge is 0.493 e. The molecule has 1 aromatic carbocycles. The molecule has 23 heavy (non-hydrogen) atoms. The Kier molecular flexibility index (Phi) is 5.48. The number of para-hydroxylation sites is 1. The van der Waals surface area contributed by atoms with Crippen LogP contribution < -0.4 is 4.74 Å². The molecule has 0 unspecified atom stereocenters. The second-order valence-corrected chi connectivity index (χ2v) is 5.33. The van der Waals surface area contributed by atoms with E-state index in [9.17, 15) is 18.0 Å². The van der Waals surface area contributed by atoms with Gasteiger partial charge >= 0.3 is 6.18 Å². The van der Waals surface area contributed by atoms with Crippen LogP contribution in [-0.2, 0) is 4.79 Å². The molecule has 0 N–H and O–H groups in total. The molecule has 1 aliphatic rings. The topological polar surface area (TPSA) is 53.3 Å². The Morgan fingerprint density at radius 2 is 2.09 bits per heavy atom. The average molecular weight is 326 g/mol. The molecule has 1 aromatic rings. The highest BCUT2D eigenvalue weighted by molar-refractivity contribution is 5.84. The van der Waals surface area contributed by atoms with Gasteiger partial charge < -0.3 is 9.64 Å². The summed E-state index contributed by atoms with van der Waals surface area (Å²) >= 11 is 0. The molecule has 1 amide bonds. The molecule has 0 fully saturated rings. The number of rotatable bonds is 5. The first-order chi connectivity index (χ1) is 10.9. The maximum Gasteiger partial charge on any atom is 0.390 e. The van der Waals surface area contributed by atoms with Crippen LogP contribution in [0.25, 0.3) is 0 Å². The Bertz CT molecular complexity index is 596. The van der Waals surface area contributed by atoms with Crippen LogP contribution in [-0.4, -0.2) is 36.7 Å². The first-order valence-electron chi connectivity index (χ1n) is 7.36. The average Bonchev–Trinajstić information content (AvgIpc) is 2.53. The third kappa shape index (κ3) is 4.62. The lowest BCUT2D eigenvalue weighted by Crippen LogP contribution is -2.39. The molecule has 0 bridgehead atoms. The summed E-state index contributed by atoms with van der Waals surface area (Å²) in [5.41, 5.74) is 0.692. The van der Waals surface area contributed by atoms with Gasteiger partial charge in [0.15, 0.2) is 0 Å². The molecule has 0 saturated heterocycles. The molecule has 0 aliphatic carbocycles. The van der Waals surface area contributed by atoms with Gasteiger partial charge in [-0.1, -0.05) is 18.2 Å². The van der Waals surface area contributed by atoms with Crippen LogP contribution in [0.5, 0.6) is 5.75 Å². The van der Waals surface area contributed by atoms with Crippen LogP contribution in [0, 0.1) is 11.3 Å². The molecule has 1 heterocycles. The minimum absolute atomic E-state index is 0.00490. The smallest absolute Gasteiger partial charge is 0.390 e. The molecule has 0 aromatic heterocycles. The fourth-order valence-electron chi connectivity index (χ4n) is 2.60. The number of ether oxygens (including phenoxy) is 1. The molecular formula is C16H17F3N2O2. The highest BCUT2D eigenvalue weighted by atomic mass is 19.4. The Morgan fingerprint density at radius 1 is 1.35 bits per heavy atom. The van der Waals surface area contributed by atoms with Gasteiger partial charge in [-0.15, -0.1) is 0 Å². The van der Waals surface area contributed by atoms with Gasteiger partial charge in [-0.3, -0.25) is 4.79 Å². The van der Waals surface area contributed by atoms with E-state index in [1.165, 1.54) is 0 Å². The minimum Gasteiger partial charge on any atom is -0.493 e. The lowest BCUT2D eigenvalue weighted by molar-refractivity contribution is -0.146. The zero-order chi connectivity index (χ0) is 16.9. The van der Waals surface area contributed by atoms with Crippen LogP contribution in [0.3, 0.4) is 0 Å². The predicted molar refractivity (Wildman–Crippen MR) is 76.8 cm³/mol. The van der Waals surface area contributed by atoms with Crippen molar-refractivity contribution in [2.75, 3.05) is 19.7 Å². The highest BCUT2D eigenvalue weighted by Crippen LogP contribution is 2.35. The normalized spacial score (nSPS) is 16.9. The van der Waals surface area contributed by atoms with E-state index in [1.807, 2.05) is 6.07 Å². The van der Waals surface area contributed by atoms with E-state index in [1.54, 1.807) is 24.3 Å². The monoisotopic (exact) mass is 326 g/mol. The van der Waals surface area contributed by atoms with Crippen LogP contribution in [0.4, 0.5) is 13.2 Å². The van der Waals surface area contributed by atoms with Crippen molar-refractivity contribution < 1.29 is 22.7 Å². The summed E-state index contributed by atoms with van der Waals surface area (Å²) in [5, 5.41) is 8.66. The molecule has 0 spiro atoms. The van der Waals surface area contributed by atoms with Crippen LogP contribution >= 0.6 is 0 Å². The minimum atomic E-state index is -4.33. The summed E-state index contributed by atoms with van der Waals surface area (Å²) in [6, 6.07) is 8.91. The molecule has 0 saturated carbocycles. The molecule has 124 valence electrons. The molecule has 1 aliphatic heterocycles. The Morgan fingerprint density at radius 3 is 2.78 bits per heavy atom. The number of amides is 1. The van der Waals surface area contributed by atoms with E-state index in [0.29, 0.717) is 24.3 Å². The second-order valence-electron chi connectivity index (χ2n) is 5.33. The standard InChI is InChI=1S/C16H17F3N2O2/c17-16(18,19)7-10-21(9-3-8-20)15(22)13-6-11-23-14-5-2-1-4-12(13)14/h1-2,4-5,13H,3,6-7,9-11H2/t13-/m1/s1. The summed E-state index contributed by atoms with van der Waals surface area (Å²) in [6.45, 7) is -0.0761. The highest BCUT2D eigenvalue weighted by Gasteiger charge is 2.33. The molecule has 2 rings (SSSR count). The zero-order valence-corrected chi connectivity index (χ0v) is 12.5. The molecule has 4 nitrogen and oxygen atoms in total. The van der Waals surface area contributed by atoms with E-state index in [-0.39, 0.29) is 18.9 Å². The first kappa shape index (κ1) is 17.1. The number of alkyl halides is 3. The lowest BCUT2D eigenvalue weighted by atomic mass is 9.91. The number of nitriles is 1. The summed E-state index contributed by atoms with van der Waals surface area (Å²) in [5.74, 6) is -0.305. The number of fused-ring (bicyclic) bond motifs is 1. The van der Waals surface area contributed by atoms with Gasteiger partial charge in [0, 0.05) is 18.7 Å². The SMILES string of the molecule is N#CCCN(CCC(F)(F)F)C(=O)[C@@H]1CCOc2ccccc21. The van der Waals surface area contributed by atoms with E-state index in [2.05, 4.69) is 0 Å². The van der Waals surface area contributed by atoms with Gasteiger partial charge in [0.25, 0.3) is 0 Å². The lowest BCUT2D eigenvalue weighted by Gasteiger charge is -2.30. The molecule has 1 atom stereocenters. The number of benzene rings is 1. The van der Waals surface area contributed by atoms with Crippen molar-refractivity contribution in [1.29, 1.82) is 5.26 Å². The van der Waals surface area contributed by atoms with Gasteiger partial charge in [0.05, 0.1) is 31.4 Å². The van der Waals surface area contributed by atoms with Crippen LogP contribution in [0.1, 0.15) is 30.7 Å². The number of carbonyl (C=O) groups excluding carboxylic acids is 1. The van der Waals surface area contributed by atoms with Gasteiger partial charge in [-0.2, -0.15) is 18.4 Å². The maximum atomic E-state index is 12.7. The molecular weight excluding hydrogens is 309 g/mol. The first-order valence-corrected chi connectivity index (χ1v) is 7.36. The number of carbonyl (C=O) groups is 1. The molecule has 0 radical (unpaired) electrons. The summed E-state index contributed by atoms with van der Waals surface area (Å²) in [6.07, 6.45) is -4.98. The van der Waals surface area contributed by atoms with Crippen molar-refractivity contribution in [3.63, 3.8) is 0 Å². The van der Waals surface area contributed by atoms with Gasteiger partial charge in [-0.25, -0.2) is 0 Å². The van der Waals surface area contributed by atoms with E-state index in [0.717, 1.165) is 4.90 Å². The van der Waals surface area contributed by atoms with E-state index in [4.69, 9.17) is 10.00 Å². The summed E-state index contributed by atoms with van der Waals surface area (Å²) < 4.78 is 42.9. The van der Waals surface area contributed by atoms with Gasteiger partial charge in [-0.05, 0) is 12.5 Å². The summed E-state index contributed by atoms with van der Waals surface area (Å²) in [7, 11) is 0. The third-order valence-corrected chi connectivity index (χ3v) is 3.73. The Labute approximate surface area is 132 Å². The number of hydrogen-bond donors (Lipinski definition) is 0. The summed E-state index contributed by atoms with van der Waals surface area (Å²) in [4.78, 5) is 13.8. The quantitative estimate of drug-likeness (QED) is 0.834. The van der Waals surface area contributed by atoms with Gasteiger partial charge in [0.2, 0.25) is 5.91 Å². The van der Waals surface area contributed by atoms with Gasteiger partial charge in [0.1, 0.15) is 5.75 Å². The molecule has 7 heteroatoms. The van der Waals surface area contributed by atoms with Crippen molar-refractivity contribution in [1.82, 2.24) is 4.90 Å². The number of hydrogen-bond acceptors (Lipinski definition) is 3. The van der Waals surface area contributed by atoms with Crippen LogP contribution in [0.2, 0.25) is 0 Å².